The maximum absolute atomic E-state index is 12.9. The summed E-state index contributed by atoms with van der Waals surface area (Å²) in [5.74, 6) is 2.14. The van der Waals surface area contributed by atoms with Gasteiger partial charge in [0.25, 0.3) is 0 Å². The zero-order valence-electron chi connectivity index (χ0n) is 15.4. The average Bonchev–Trinajstić information content (AvgIpc) is 2.65. The highest BCUT2D eigenvalue weighted by atomic mass is 16.5. The predicted octanol–water partition coefficient (Wildman–Crippen LogP) is 3.62. The van der Waals surface area contributed by atoms with Crippen molar-refractivity contribution >= 4 is 16.7 Å². The van der Waals surface area contributed by atoms with Gasteiger partial charge in [-0.3, -0.25) is 4.79 Å². The zero-order valence-corrected chi connectivity index (χ0v) is 15.4. The summed E-state index contributed by atoms with van der Waals surface area (Å²) in [5.41, 5.74) is 7.41. The number of hydrogen-bond donors (Lipinski definition) is 2. The third kappa shape index (κ3) is 3.18. The molecule has 2 atom stereocenters. The fourth-order valence-corrected chi connectivity index (χ4v) is 5.01. The maximum atomic E-state index is 12.9. The number of nitrogens with one attached hydrogen (secondary N) is 1. The summed E-state index contributed by atoms with van der Waals surface area (Å²) in [5, 5.41) is 5.48. The van der Waals surface area contributed by atoms with E-state index in [9.17, 15) is 4.79 Å². The molecule has 0 aliphatic heterocycles. The number of carbonyl (C=O) groups is 1. The van der Waals surface area contributed by atoms with Crippen molar-refractivity contribution in [3.63, 3.8) is 0 Å². The first-order valence-corrected chi connectivity index (χ1v) is 9.75. The number of rotatable bonds is 4. The molecule has 4 heteroatoms. The molecule has 138 valence electrons. The highest BCUT2D eigenvalue weighted by molar-refractivity contribution is 5.88. The quantitative estimate of drug-likeness (QED) is 0.883. The molecule has 4 rings (SSSR count). The molecular formula is C22H28N2O2. The largest absolute Gasteiger partial charge is 0.496 e. The lowest BCUT2D eigenvalue weighted by Crippen LogP contribution is -2.49. The van der Waals surface area contributed by atoms with Crippen LogP contribution in [-0.4, -0.2) is 19.1 Å². The Morgan fingerprint density at radius 2 is 1.88 bits per heavy atom. The Morgan fingerprint density at radius 1 is 1.15 bits per heavy atom. The van der Waals surface area contributed by atoms with Crippen molar-refractivity contribution in [3.05, 3.63) is 42.0 Å². The topological polar surface area (TPSA) is 64.3 Å². The van der Waals surface area contributed by atoms with Gasteiger partial charge in [-0.15, -0.1) is 0 Å². The Labute approximate surface area is 155 Å². The molecule has 26 heavy (non-hydrogen) atoms. The molecular weight excluding hydrogens is 324 g/mol. The van der Waals surface area contributed by atoms with E-state index in [2.05, 4.69) is 23.5 Å². The molecule has 0 saturated heterocycles. The smallest absolute Gasteiger partial charge is 0.223 e. The minimum absolute atomic E-state index is 0.103. The van der Waals surface area contributed by atoms with Crippen LogP contribution in [0.4, 0.5) is 0 Å². The lowest BCUT2D eigenvalue weighted by Gasteiger charge is -2.43. The summed E-state index contributed by atoms with van der Waals surface area (Å²) >= 11 is 0. The molecule has 4 nitrogen and oxygen atoms in total. The Bertz CT molecular complexity index is 790. The van der Waals surface area contributed by atoms with Gasteiger partial charge in [-0.2, -0.15) is 0 Å². The van der Waals surface area contributed by atoms with E-state index in [1.54, 1.807) is 7.11 Å². The van der Waals surface area contributed by atoms with Crippen LogP contribution in [0.5, 0.6) is 5.75 Å². The van der Waals surface area contributed by atoms with Crippen LogP contribution in [0.15, 0.2) is 36.4 Å². The third-order valence-electron chi connectivity index (χ3n) is 6.44. The van der Waals surface area contributed by atoms with Gasteiger partial charge in [0.05, 0.1) is 7.11 Å². The molecule has 2 aliphatic carbocycles. The second-order valence-corrected chi connectivity index (χ2v) is 7.88. The minimum atomic E-state index is 0.103. The van der Waals surface area contributed by atoms with Gasteiger partial charge >= 0.3 is 0 Å². The maximum Gasteiger partial charge on any atom is 0.223 e. The zero-order chi connectivity index (χ0) is 18.1. The number of carbonyl (C=O) groups excluding carboxylic acids is 1. The van der Waals surface area contributed by atoms with Crippen molar-refractivity contribution in [2.75, 3.05) is 7.11 Å². The monoisotopic (exact) mass is 352 g/mol. The second-order valence-electron chi connectivity index (χ2n) is 7.88. The summed E-state index contributed by atoms with van der Waals surface area (Å²) in [4.78, 5) is 12.9. The highest BCUT2D eigenvalue weighted by Crippen LogP contribution is 2.42. The molecule has 2 unspecified atom stereocenters. The van der Waals surface area contributed by atoms with Gasteiger partial charge in [-0.25, -0.2) is 0 Å². The molecule has 2 fully saturated rings. The number of ether oxygens (including phenoxy) is 1. The van der Waals surface area contributed by atoms with Crippen molar-refractivity contribution in [1.29, 1.82) is 0 Å². The third-order valence-corrected chi connectivity index (χ3v) is 6.44. The van der Waals surface area contributed by atoms with Crippen LogP contribution < -0.4 is 15.8 Å². The van der Waals surface area contributed by atoms with E-state index < -0.39 is 0 Å². The molecule has 2 saturated carbocycles. The van der Waals surface area contributed by atoms with Crippen molar-refractivity contribution in [2.45, 2.75) is 44.7 Å². The van der Waals surface area contributed by atoms with Crippen LogP contribution in [-0.2, 0) is 11.3 Å². The van der Waals surface area contributed by atoms with E-state index in [1.807, 2.05) is 18.2 Å². The molecule has 2 bridgehead atoms. The minimum Gasteiger partial charge on any atom is -0.496 e. The first-order valence-electron chi connectivity index (χ1n) is 9.75. The number of fused-ring (bicyclic) bond motifs is 3. The normalized spacial score (nSPS) is 27.9. The number of amides is 1. The van der Waals surface area contributed by atoms with Crippen LogP contribution >= 0.6 is 0 Å². The van der Waals surface area contributed by atoms with Crippen LogP contribution in [0, 0.1) is 17.8 Å². The van der Waals surface area contributed by atoms with Gasteiger partial charge in [0.2, 0.25) is 5.91 Å². The molecule has 0 radical (unpaired) electrons. The van der Waals surface area contributed by atoms with Crippen molar-refractivity contribution in [3.8, 4) is 5.75 Å². The fraction of sp³-hybridized carbons (Fsp3) is 0.500. The van der Waals surface area contributed by atoms with E-state index in [4.69, 9.17) is 10.5 Å². The lowest BCUT2D eigenvalue weighted by molar-refractivity contribution is -0.128. The Hall–Kier alpha value is -2.07. The molecule has 2 aliphatic rings. The number of nitrogens with two attached hydrogens (primary N) is 1. The highest BCUT2D eigenvalue weighted by Gasteiger charge is 2.40. The van der Waals surface area contributed by atoms with E-state index in [0.29, 0.717) is 24.4 Å². The molecule has 0 aromatic heterocycles. The van der Waals surface area contributed by atoms with Crippen molar-refractivity contribution < 1.29 is 9.53 Å². The first kappa shape index (κ1) is 17.3. The van der Waals surface area contributed by atoms with Gasteiger partial charge in [0.1, 0.15) is 5.75 Å². The van der Waals surface area contributed by atoms with Gasteiger partial charge in [-0.05, 0) is 54.4 Å². The Morgan fingerprint density at radius 3 is 2.62 bits per heavy atom. The number of benzene rings is 2. The van der Waals surface area contributed by atoms with Crippen LogP contribution in [0.3, 0.4) is 0 Å². The molecule has 1 amide bonds. The average molecular weight is 352 g/mol. The Balaban J connectivity index is 1.49. The van der Waals surface area contributed by atoms with Gasteiger partial charge in [0, 0.05) is 24.1 Å². The molecule has 0 heterocycles. The first-order chi connectivity index (χ1) is 12.7. The summed E-state index contributed by atoms with van der Waals surface area (Å²) in [7, 11) is 1.68. The second kappa shape index (κ2) is 7.28. The van der Waals surface area contributed by atoms with Gasteiger partial charge in [0.15, 0.2) is 0 Å². The molecule has 3 N–H and O–H groups in total. The van der Waals surface area contributed by atoms with E-state index in [1.165, 1.54) is 19.3 Å². The van der Waals surface area contributed by atoms with E-state index in [-0.39, 0.29) is 11.8 Å². The molecule has 2 aromatic carbocycles. The van der Waals surface area contributed by atoms with E-state index >= 15 is 0 Å². The number of hydrogen-bond acceptors (Lipinski definition) is 3. The van der Waals surface area contributed by atoms with Gasteiger partial charge < -0.3 is 15.8 Å². The molecule has 0 spiro atoms. The Kier molecular flexibility index (Phi) is 4.86. The van der Waals surface area contributed by atoms with Crippen LogP contribution in [0.2, 0.25) is 0 Å². The summed E-state index contributed by atoms with van der Waals surface area (Å²) < 4.78 is 5.54. The number of methoxy groups -OCH3 is 1. The lowest BCUT2D eigenvalue weighted by atomic mass is 9.65. The standard InChI is InChI=1S/C22H28N2O2/c1-26-20-10-9-14-5-2-3-8-18(14)19(20)13-24-22(25)17-11-15-6-4-7-16(12-17)21(15)23/h2-3,5,8-10,15-17,21H,4,6-7,11-13,23H2,1H3,(H,24,25). The van der Waals surface area contributed by atoms with E-state index in [0.717, 1.165) is 34.9 Å². The van der Waals surface area contributed by atoms with Gasteiger partial charge in [-0.1, -0.05) is 36.8 Å². The van der Waals surface area contributed by atoms with Crippen LogP contribution in [0.1, 0.15) is 37.7 Å². The summed E-state index contributed by atoms with van der Waals surface area (Å²) in [6, 6.07) is 12.6. The fourth-order valence-electron chi connectivity index (χ4n) is 5.01. The van der Waals surface area contributed by atoms with Crippen molar-refractivity contribution in [2.24, 2.45) is 23.5 Å². The van der Waals surface area contributed by atoms with Crippen LogP contribution in [0.25, 0.3) is 10.8 Å². The summed E-state index contributed by atoms with van der Waals surface area (Å²) in [6.45, 7) is 0.501. The SMILES string of the molecule is COc1ccc2ccccc2c1CNC(=O)C1CC2CCCC(C1)C2N. The predicted molar refractivity (Wildman–Crippen MR) is 104 cm³/mol. The molecule has 2 aromatic rings. The summed E-state index contributed by atoms with van der Waals surface area (Å²) in [6.07, 6.45) is 5.51. The van der Waals surface area contributed by atoms with Crippen molar-refractivity contribution in [1.82, 2.24) is 5.32 Å².